The van der Waals surface area contributed by atoms with Gasteiger partial charge in [-0.2, -0.15) is 0 Å². The second-order valence-corrected chi connectivity index (χ2v) is 3.41. The van der Waals surface area contributed by atoms with E-state index in [1.165, 1.54) is 0 Å². The van der Waals surface area contributed by atoms with Crippen molar-refractivity contribution in [2.24, 2.45) is 0 Å². The third kappa shape index (κ3) is 4.04. The van der Waals surface area contributed by atoms with Crippen molar-refractivity contribution in [1.29, 1.82) is 0 Å². The fourth-order valence-corrected chi connectivity index (χ4v) is 1.04. The molecule has 1 aromatic rings. The van der Waals surface area contributed by atoms with Crippen molar-refractivity contribution in [3.05, 3.63) is 18.2 Å². The van der Waals surface area contributed by atoms with Crippen LogP contribution in [0.2, 0.25) is 0 Å². The molecule has 2 N–H and O–H groups in total. The van der Waals surface area contributed by atoms with Crippen LogP contribution < -0.4 is 5.32 Å². The number of carbonyl (C=O) groups excluding carboxylic acids is 1. The van der Waals surface area contributed by atoms with Gasteiger partial charge >= 0.3 is 0 Å². The number of aromatic nitrogens is 2. The van der Waals surface area contributed by atoms with Gasteiger partial charge in [0, 0.05) is 25.0 Å². The molecule has 0 atom stereocenters. The third-order valence-electron chi connectivity index (χ3n) is 1.79. The molecule has 5 nitrogen and oxygen atoms in total. The van der Waals surface area contributed by atoms with Gasteiger partial charge in [-0.25, -0.2) is 4.98 Å². The van der Waals surface area contributed by atoms with E-state index in [0.29, 0.717) is 13.0 Å². The summed E-state index contributed by atoms with van der Waals surface area (Å²) in [6.45, 7) is 1.54. The molecule has 0 unspecified atom stereocenters. The number of nitrogens with one attached hydrogen (secondary N) is 2. The number of H-pyrrole nitrogens is 1. The van der Waals surface area contributed by atoms with E-state index in [-0.39, 0.29) is 5.91 Å². The Hall–Kier alpha value is -1.36. The lowest BCUT2D eigenvalue weighted by Gasteiger charge is -2.09. The second kappa shape index (κ2) is 5.39. The zero-order chi connectivity index (χ0) is 10.4. The zero-order valence-corrected chi connectivity index (χ0v) is 8.58. The molecule has 0 radical (unpaired) electrons. The lowest BCUT2D eigenvalue weighted by Crippen LogP contribution is -2.32. The van der Waals surface area contributed by atoms with Gasteiger partial charge in [0.15, 0.2) is 0 Å². The quantitative estimate of drug-likeness (QED) is 0.675. The van der Waals surface area contributed by atoms with Crippen LogP contribution in [-0.2, 0) is 11.2 Å². The largest absolute Gasteiger partial charge is 0.354 e. The lowest BCUT2D eigenvalue weighted by atomic mass is 10.3. The van der Waals surface area contributed by atoms with E-state index in [0.717, 1.165) is 12.2 Å². The molecule has 0 fully saturated rings. The summed E-state index contributed by atoms with van der Waals surface area (Å²) in [4.78, 5) is 20.1. The molecule has 5 heteroatoms. The number of nitrogens with zero attached hydrogens (tertiary/aromatic N) is 2. The van der Waals surface area contributed by atoms with E-state index >= 15 is 0 Å². The number of hydrogen-bond acceptors (Lipinski definition) is 3. The van der Waals surface area contributed by atoms with E-state index in [2.05, 4.69) is 15.3 Å². The highest BCUT2D eigenvalue weighted by molar-refractivity contribution is 5.77. The van der Waals surface area contributed by atoms with Crippen LogP contribution in [0.1, 0.15) is 5.69 Å². The molecule has 0 aliphatic heterocycles. The van der Waals surface area contributed by atoms with Gasteiger partial charge in [0.05, 0.1) is 12.7 Å². The number of amides is 1. The molecule has 1 aromatic heterocycles. The Morgan fingerprint density at radius 1 is 1.64 bits per heavy atom. The second-order valence-electron chi connectivity index (χ2n) is 3.41. The van der Waals surface area contributed by atoms with Crippen LogP contribution in [0.15, 0.2) is 12.5 Å². The molecule has 1 rings (SSSR count). The highest BCUT2D eigenvalue weighted by atomic mass is 16.1. The molecule has 1 heterocycles. The first-order chi connectivity index (χ1) is 6.68. The van der Waals surface area contributed by atoms with Crippen LogP contribution in [0.25, 0.3) is 0 Å². The predicted octanol–water partition coefficient (Wildman–Crippen LogP) is -0.370. The van der Waals surface area contributed by atoms with E-state index in [1.54, 1.807) is 12.5 Å². The summed E-state index contributed by atoms with van der Waals surface area (Å²) in [6, 6.07) is 0. The summed E-state index contributed by atoms with van der Waals surface area (Å²) in [5, 5.41) is 2.82. The summed E-state index contributed by atoms with van der Waals surface area (Å²) < 4.78 is 0. The summed E-state index contributed by atoms with van der Waals surface area (Å²) >= 11 is 0. The van der Waals surface area contributed by atoms with Crippen molar-refractivity contribution < 1.29 is 4.79 Å². The first-order valence-corrected chi connectivity index (χ1v) is 4.57. The van der Waals surface area contributed by atoms with Crippen molar-refractivity contribution in [2.45, 2.75) is 6.42 Å². The van der Waals surface area contributed by atoms with Gasteiger partial charge < -0.3 is 15.2 Å². The smallest absolute Gasteiger partial charge is 0.226 e. The van der Waals surface area contributed by atoms with Gasteiger partial charge in [-0.05, 0) is 14.1 Å². The first kappa shape index (κ1) is 10.7. The van der Waals surface area contributed by atoms with Gasteiger partial charge in [-0.1, -0.05) is 0 Å². The molecule has 0 aromatic carbocycles. The molecule has 0 bridgehead atoms. The molecular weight excluding hydrogens is 180 g/mol. The van der Waals surface area contributed by atoms with E-state index in [1.807, 2.05) is 19.0 Å². The molecule has 0 aliphatic rings. The van der Waals surface area contributed by atoms with Crippen LogP contribution in [0, 0.1) is 0 Å². The summed E-state index contributed by atoms with van der Waals surface area (Å²) in [5.74, 6) is 0.0242. The van der Waals surface area contributed by atoms with Crippen LogP contribution in [0.5, 0.6) is 0 Å². The molecule has 1 amide bonds. The fourth-order valence-electron chi connectivity index (χ4n) is 1.04. The molecule has 0 spiro atoms. The van der Waals surface area contributed by atoms with Gasteiger partial charge in [-0.15, -0.1) is 0 Å². The Kier molecular flexibility index (Phi) is 4.12. The molecule has 14 heavy (non-hydrogen) atoms. The maximum atomic E-state index is 11.3. The van der Waals surface area contributed by atoms with Crippen LogP contribution in [-0.4, -0.2) is 48.0 Å². The van der Waals surface area contributed by atoms with Crippen LogP contribution >= 0.6 is 0 Å². The average molecular weight is 196 g/mol. The van der Waals surface area contributed by atoms with Crippen molar-refractivity contribution >= 4 is 5.91 Å². The summed E-state index contributed by atoms with van der Waals surface area (Å²) in [7, 11) is 3.95. The van der Waals surface area contributed by atoms with Crippen molar-refractivity contribution in [1.82, 2.24) is 20.2 Å². The van der Waals surface area contributed by atoms with Gasteiger partial charge in [0.25, 0.3) is 0 Å². The van der Waals surface area contributed by atoms with Crippen molar-refractivity contribution in [3.63, 3.8) is 0 Å². The Labute approximate surface area is 83.5 Å². The molecular formula is C9H16N4O. The first-order valence-electron chi connectivity index (χ1n) is 4.57. The highest BCUT2D eigenvalue weighted by Gasteiger charge is 2.03. The van der Waals surface area contributed by atoms with Crippen molar-refractivity contribution in [2.75, 3.05) is 27.2 Å². The SMILES string of the molecule is CN(C)CCNC(=O)Cc1cnc[nH]1. The summed E-state index contributed by atoms with van der Waals surface area (Å²) in [6.07, 6.45) is 3.60. The topological polar surface area (TPSA) is 61.0 Å². The van der Waals surface area contributed by atoms with E-state index in [9.17, 15) is 4.79 Å². The Bertz CT molecular complexity index is 268. The van der Waals surface area contributed by atoms with Crippen LogP contribution in [0.4, 0.5) is 0 Å². The number of likely N-dealkylation sites (N-methyl/N-ethyl adjacent to an activating group) is 1. The summed E-state index contributed by atoms with van der Waals surface area (Å²) in [5.41, 5.74) is 0.840. The minimum atomic E-state index is 0.0242. The predicted molar refractivity (Wildman–Crippen MR) is 53.9 cm³/mol. The molecule has 0 saturated heterocycles. The van der Waals surface area contributed by atoms with Gasteiger partial charge in [-0.3, -0.25) is 4.79 Å². The van der Waals surface area contributed by atoms with Gasteiger partial charge in [0.1, 0.15) is 0 Å². The highest BCUT2D eigenvalue weighted by Crippen LogP contribution is 1.91. The minimum absolute atomic E-state index is 0.0242. The normalized spacial score (nSPS) is 10.5. The third-order valence-corrected chi connectivity index (χ3v) is 1.79. The standard InChI is InChI=1S/C9H16N4O/c1-13(2)4-3-11-9(14)5-8-6-10-7-12-8/h6-7H,3-5H2,1-2H3,(H,10,12)(H,11,14). The Morgan fingerprint density at radius 3 is 3.00 bits per heavy atom. The maximum Gasteiger partial charge on any atom is 0.226 e. The number of imidazole rings is 1. The number of aromatic amines is 1. The zero-order valence-electron chi connectivity index (χ0n) is 8.58. The van der Waals surface area contributed by atoms with Crippen LogP contribution in [0.3, 0.4) is 0 Å². The monoisotopic (exact) mass is 196 g/mol. The average Bonchev–Trinajstić information content (AvgIpc) is 2.56. The Balaban J connectivity index is 2.17. The molecule has 0 aliphatic carbocycles. The van der Waals surface area contributed by atoms with E-state index < -0.39 is 0 Å². The van der Waals surface area contributed by atoms with Crippen molar-refractivity contribution in [3.8, 4) is 0 Å². The van der Waals surface area contributed by atoms with Gasteiger partial charge in [0.2, 0.25) is 5.91 Å². The Morgan fingerprint density at radius 2 is 2.43 bits per heavy atom. The minimum Gasteiger partial charge on any atom is -0.354 e. The lowest BCUT2D eigenvalue weighted by molar-refractivity contribution is -0.120. The van der Waals surface area contributed by atoms with E-state index in [4.69, 9.17) is 0 Å². The maximum absolute atomic E-state index is 11.3. The fraction of sp³-hybridized carbons (Fsp3) is 0.556. The number of hydrogen-bond donors (Lipinski definition) is 2. The molecule has 0 saturated carbocycles. The molecule has 78 valence electrons. The number of rotatable bonds is 5. The number of carbonyl (C=O) groups is 1.